The molecule has 3 aromatic carbocycles. The number of ether oxygens (including phenoxy) is 1. The van der Waals surface area contributed by atoms with Gasteiger partial charge in [0, 0.05) is 53.8 Å². The molecule has 1 saturated heterocycles. The first-order valence-corrected chi connectivity index (χ1v) is 14.8. The predicted molar refractivity (Wildman–Crippen MR) is 178 cm³/mol. The van der Waals surface area contributed by atoms with Crippen molar-refractivity contribution >= 4 is 40.4 Å². The topological polar surface area (TPSA) is 109 Å². The van der Waals surface area contributed by atoms with Crippen LogP contribution in [0.1, 0.15) is 5.56 Å². The summed E-state index contributed by atoms with van der Waals surface area (Å²) in [5.41, 5.74) is 8.31. The van der Waals surface area contributed by atoms with Crippen molar-refractivity contribution < 1.29 is 9.53 Å². The molecule has 6 aromatic rings. The number of nitrogens with zero attached hydrogens (tertiary/aromatic N) is 5. The van der Waals surface area contributed by atoms with Crippen LogP contribution in [-0.4, -0.2) is 51.7 Å². The largest absolute Gasteiger partial charge is 0.378 e. The minimum atomic E-state index is -0.319. The summed E-state index contributed by atoms with van der Waals surface area (Å²) in [6, 6.07) is 31.0. The number of amides is 2. The molecule has 10 heteroatoms. The molecule has 0 unspecified atom stereocenters. The third-order valence-corrected chi connectivity index (χ3v) is 7.69. The van der Waals surface area contributed by atoms with Gasteiger partial charge >= 0.3 is 6.03 Å². The van der Waals surface area contributed by atoms with Crippen LogP contribution in [0, 0.1) is 6.92 Å². The maximum atomic E-state index is 12.8. The number of carbonyl (C=O) groups is 1. The number of fused-ring (bicyclic) bond motifs is 1. The molecule has 7 rings (SSSR count). The minimum absolute atomic E-state index is 0.319. The molecule has 2 amide bonds. The fourth-order valence-corrected chi connectivity index (χ4v) is 5.47. The Balaban J connectivity index is 1.18. The van der Waals surface area contributed by atoms with Crippen LogP contribution in [0.25, 0.3) is 28.3 Å². The summed E-state index contributed by atoms with van der Waals surface area (Å²) in [7, 11) is 0. The second kappa shape index (κ2) is 12.5. The van der Waals surface area contributed by atoms with E-state index in [1.807, 2.05) is 102 Å². The SMILES string of the molecule is Cc1ccccc1NC(=O)Nc1cccc(-c2nc3ccccn3c2-c2ccnc(Nc3cccc(N4CCOCC4)c3)n2)c1. The highest BCUT2D eigenvalue weighted by Gasteiger charge is 2.19. The molecule has 1 aliphatic rings. The fraction of sp³-hybridized carbons (Fsp3) is 0.143. The number of carbonyl (C=O) groups excluding carboxylic acids is 1. The summed E-state index contributed by atoms with van der Waals surface area (Å²) in [5, 5.41) is 9.26. The zero-order valence-electron chi connectivity index (χ0n) is 24.8. The van der Waals surface area contributed by atoms with Crippen molar-refractivity contribution in [3.8, 4) is 22.6 Å². The molecule has 0 bridgehead atoms. The van der Waals surface area contributed by atoms with E-state index in [0.717, 1.165) is 71.5 Å². The smallest absolute Gasteiger partial charge is 0.323 e. The number of urea groups is 1. The van der Waals surface area contributed by atoms with Gasteiger partial charge in [-0.05, 0) is 67.1 Å². The zero-order chi connectivity index (χ0) is 30.6. The van der Waals surface area contributed by atoms with Crippen molar-refractivity contribution in [1.82, 2.24) is 19.4 Å². The van der Waals surface area contributed by atoms with E-state index in [0.29, 0.717) is 17.3 Å². The molecule has 0 spiro atoms. The Hall–Kier alpha value is -5.74. The number of benzene rings is 3. The summed E-state index contributed by atoms with van der Waals surface area (Å²) >= 11 is 0. The Morgan fingerprint density at radius 1 is 0.822 bits per heavy atom. The molecule has 3 N–H and O–H groups in total. The van der Waals surface area contributed by atoms with Crippen LogP contribution >= 0.6 is 0 Å². The maximum Gasteiger partial charge on any atom is 0.323 e. The summed E-state index contributed by atoms with van der Waals surface area (Å²) in [6.07, 6.45) is 3.72. The molecule has 0 atom stereocenters. The number of imidazole rings is 1. The molecule has 1 aliphatic heterocycles. The van der Waals surface area contributed by atoms with Gasteiger partial charge in [-0.3, -0.25) is 4.40 Å². The van der Waals surface area contributed by atoms with E-state index in [1.54, 1.807) is 6.20 Å². The number of aryl methyl sites for hydroxylation is 1. The van der Waals surface area contributed by atoms with E-state index in [9.17, 15) is 4.79 Å². The molecule has 4 heterocycles. The van der Waals surface area contributed by atoms with Crippen molar-refractivity contribution in [2.75, 3.05) is 47.2 Å². The van der Waals surface area contributed by atoms with Crippen molar-refractivity contribution in [3.63, 3.8) is 0 Å². The lowest BCUT2D eigenvalue weighted by molar-refractivity contribution is 0.122. The average Bonchev–Trinajstić information content (AvgIpc) is 3.47. The number of hydrogen-bond acceptors (Lipinski definition) is 7. The molecule has 0 saturated carbocycles. The molecule has 0 radical (unpaired) electrons. The first kappa shape index (κ1) is 28.1. The Morgan fingerprint density at radius 2 is 1.64 bits per heavy atom. The van der Waals surface area contributed by atoms with E-state index in [2.05, 4.69) is 38.0 Å². The number of aromatic nitrogens is 4. The number of nitrogens with one attached hydrogen (secondary N) is 3. The summed E-state index contributed by atoms with van der Waals surface area (Å²) in [4.78, 5) is 29.6. The van der Waals surface area contributed by atoms with Crippen molar-refractivity contribution in [2.24, 2.45) is 0 Å². The van der Waals surface area contributed by atoms with Gasteiger partial charge in [0.15, 0.2) is 0 Å². The molecule has 0 aliphatic carbocycles. The van der Waals surface area contributed by atoms with Crippen LogP contribution in [0.3, 0.4) is 0 Å². The molecule has 3 aromatic heterocycles. The summed E-state index contributed by atoms with van der Waals surface area (Å²) in [6.45, 7) is 5.13. The van der Waals surface area contributed by atoms with E-state index >= 15 is 0 Å². The van der Waals surface area contributed by atoms with Gasteiger partial charge in [0.05, 0.1) is 30.3 Å². The highest BCUT2D eigenvalue weighted by Crippen LogP contribution is 2.33. The number of pyridine rings is 1. The third kappa shape index (κ3) is 6.17. The molecule has 224 valence electrons. The molecule has 1 fully saturated rings. The van der Waals surface area contributed by atoms with Crippen molar-refractivity contribution in [2.45, 2.75) is 6.92 Å². The molecular weight excluding hydrogens is 564 g/mol. The van der Waals surface area contributed by atoms with Crippen LogP contribution < -0.4 is 20.9 Å². The van der Waals surface area contributed by atoms with Gasteiger partial charge in [-0.15, -0.1) is 0 Å². The number of anilines is 5. The normalized spacial score (nSPS) is 13.0. The Bertz CT molecular complexity index is 1980. The highest BCUT2D eigenvalue weighted by molar-refractivity contribution is 6.00. The van der Waals surface area contributed by atoms with Crippen LogP contribution in [0.15, 0.2) is 109 Å². The minimum Gasteiger partial charge on any atom is -0.378 e. The number of rotatable bonds is 7. The molecule has 10 nitrogen and oxygen atoms in total. The van der Waals surface area contributed by atoms with Crippen molar-refractivity contribution in [3.05, 3.63) is 115 Å². The maximum absolute atomic E-state index is 12.8. The Morgan fingerprint density at radius 3 is 2.53 bits per heavy atom. The van der Waals surface area contributed by atoms with Crippen molar-refractivity contribution in [1.29, 1.82) is 0 Å². The van der Waals surface area contributed by atoms with E-state index in [-0.39, 0.29) is 6.03 Å². The predicted octanol–water partition coefficient (Wildman–Crippen LogP) is 6.99. The lowest BCUT2D eigenvalue weighted by Gasteiger charge is -2.29. The van der Waals surface area contributed by atoms with Gasteiger partial charge in [0.2, 0.25) is 5.95 Å². The summed E-state index contributed by atoms with van der Waals surface area (Å²) < 4.78 is 7.53. The molecule has 45 heavy (non-hydrogen) atoms. The number of hydrogen-bond donors (Lipinski definition) is 3. The van der Waals surface area contributed by atoms with Gasteiger partial charge < -0.3 is 25.6 Å². The van der Waals surface area contributed by atoms with E-state index in [1.165, 1.54) is 0 Å². The monoisotopic (exact) mass is 596 g/mol. The Labute approximate surface area is 260 Å². The van der Waals surface area contributed by atoms with Crippen LogP contribution in [0.4, 0.5) is 33.5 Å². The van der Waals surface area contributed by atoms with Gasteiger partial charge in [-0.1, -0.05) is 42.5 Å². The molecular formula is C35H32N8O2. The first-order valence-electron chi connectivity index (χ1n) is 14.8. The van der Waals surface area contributed by atoms with E-state index in [4.69, 9.17) is 14.7 Å². The van der Waals surface area contributed by atoms with Crippen LogP contribution in [-0.2, 0) is 4.74 Å². The number of para-hydroxylation sites is 1. The van der Waals surface area contributed by atoms with Crippen LogP contribution in [0.5, 0.6) is 0 Å². The number of morpholine rings is 1. The highest BCUT2D eigenvalue weighted by atomic mass is 16.5. The lowest BCUT2D eigenvalue weighted by Crippen LogP contribution is -2.36. The second-order valence-corrected chi connectivity index (χ2v) is 10.8. The zero-order valence-corrected chi connectivity index (χ0v) is 24.8. The van der Waals surface area contributed by atoms with Gasteiger partial charge in [0.1, 0.15) is 5.65 Å². The average molecular weight is 597 g/mol. The van der Waals surface area contributed by atoms with Crippen LogP contribution in [0.2, 0.25) is 0 Å². The Kier molecular flexibility index (Phi) is 7.78. The van der Waals surface area contributed by atoms with E-state index < -0.39 is 0 Å². The van der Waals surface area contributed by atoms with Gasteiger partial charge in [-0.2, -0.15) is 0 Å². The van der Waals surface area contributed by atoms with Gasteiger partial charge in [-0.25, -0.2) is 19.7 Å². The van der Waals surface area contributed by atoms with Gasteiger partial charge in [0.25, 0.3) is 0 Å². The summed E-state index contributed by atoms with van der Waals surface area (Å²) in [5.74, 6) is 0.478. The standard InChI is InChI=1S/C35H32N8O2/c1-24-8-2-3-13-29(24)40-35(44)38-26-10-6-9-25(22-26)32-33(43-17-5-4-14-31(43)41-32)30-15-16-36-34(39-30)37-27-11-7-12-28(23-27)42-18-20-45-21-19-42/h2-17,22-23H,18-21H2,1H3,(H,36,37,39)(H2,38,40,44). The third-order valence-electron chi connectivity index (χ3n) is 7.69. The lowest BCUT2D eigenvalue weighted by atomic mass is 10.1. The second-order valence-electron chi connectivity index (χ2n) is 10.8. The first-order chi connectivity index (χ1) is 22.1. The quantitative estimate of drug-likeness (QED) is 0.182. The fourth-order valence-electron chi connectivity index (χ4n) is 5.47.